The summed E-state index contributed by atoms with van der Waals surface area (Å²) >= 11 is 5.97. The van der Waals surface area contributed by atoms with Crippen molar-refractivity contribution in [1.82, 2.24) is 0 Å². The van der Waals surface area contributed by atoms with Crippen LogP contribution in [0.2, 0.25) is 5.02 Å². The van der Waals surface area contributed by atoms with Gasteiger partial charge in [-0.3, -0.25) is 0 Å². The molecular weight excluding hydrogens is 196 g/mol. The highest BCUT2D eigenvalue weighted by molar-refractivity contribution is 6.31. The van der Waals surface area contributed by atoms with Gasteiger partial charge in [-0.2, -0.15) is 0 Å². The Morgan fingerprint density at radius 3 is 3.07 bits per heavy atom. The van der Waals surface area contributed by atoms with Crippen molar-refractivity contribution in [2.24, 2.45) is 0 Å². The fourth-order valence-electron chi connectivity index (χ4n) is 1.80. The minimum Gasteiger partial charge on any atom is -0.381 e. The van der Waals surface area contributed by atoms with Crippen LogP contribution in [0.1, 0.15) is 13.3 Å². The third kappa shape index (κ3) is 1.80. The summed E-state index contributed by atoms with van der Waals surface area (Å²) in [7, 11) is 2.12. The quantitative estimate of drug-likeness (QED) is 0.708. The smallest absolute Gasteiger partial charge is 0.0600 e. The van der Waals surface area contributed by atoms with Gasteiger partial charge < -0.3 is 10.2 Å². The standard InChI is InChI=1S/C11H15ClN2/c1-8-5-6-14(2)11-4-3-9(12)7-10(11)13-8/h3-4,7-8,13H,5-6H2,1-2H3. The molecule has 1 aromatic rings. The Balaban J connectivity index is 2.41. The van der Waals surface area contributed by atoms with Crippen molar-refractivity contribution >= 4 is 23.0 Å². The number of nitrogens with one attached hydrogen (secondary N) is 1. The van der Waals surface area contributed by atoms with E-state index in [-0.39, 0.29) is 0 Å². The van der Waals surface area contributed by atoms with Crippen LogP contribution in [0.5, 0.6) is 0 Å². The molecule has 0 saturated heterocycles. The maximum Gasteiger partial charge on any atom is 0.0600 e. The van der Waals surface area contributed by atoms with Crippen molar-refractivity contribution in [3.05, 3.63) is 23.2 Å². The van der Waals surface area contributed by atoms with Gasteiger partial charge in [0.05, 0.1) is 11.4 Å². The molecular formula is C11H15ClN2. The lowest BCUT2D eigenvalue weighted by Crippen LogP contribution is -2.19. The highest BCUT2D eigenvalue weighted by Crippen LogP contribution is 2.31. The molecule has 3 heteroatoms. The molecule has 1 aliphatic rings. The number of nitrogens with zero attached hydrogens (tertiary/aromatic N) is 1. The van der Waals surface area contributed by atoms with Crippen LogP contribution in [0.3, 0.4) is 0 Å². The largest absolute Gasteiger partial charge is 0.381 e. The van der Waals surface area contributed by atoms with E-state index in [4.69, 9.17) is 11.6 Å². The highest BCUT2D eigenvalue weighted by Gasteiger charge is 2.15. The minimum atomic E-state index is 0.511. The second-order valence-corrected chi connectivity index (χ2v) is 4.35. The van der Waals surface area contributed by atoms with Gasteiger partial charge in [0.25, 0.3) is 0 Å². The summed E-state index contributed by atoms with van der Waals surface area (Å²) < 4.78 is 0. The van der Waals surface area contributed by atoms with Gasteiger partial charge in [0.15, 0.2) is 0 Å². The van der Waals surface area contributed by atoms with Crippen molar-refractivity contribution in [1.29, 1.82) is 0 Å². The molecule has 1 atom stereocenters. The Morgan fingerprint density at radius 2 is 2.29 bits per heavy atom. The predicted octanol–water partition coefficient (Wildman–Crippen LogP) is 2.98. The second-order valence-electron chi connectivity index (χ2n) is 3.92. The SMILES string of the molecule is CC1CCN(C)c2ccc(Cl)cc2N1. The van der Waals surface area contributed by atoms with Gasteiger partial charge in [0.2, 0.25) is 0 Å². The first-order chi connectivity index (χ1) is 6.66. The molecule has 1 N–H and O–H groups in total. The lowest BCUT2D eigenvalue weighted by molar-refractivity contribution is 0.711. The number of benzene rings is 1. The van der Waals surface area contributed by atoms with E-state index < -0.39 is 0 Å². The molecule has 2 nitrogen and oxygen atoms in total. The van der Waals surface area contributed by atoms with Crippen LogP contribution in [0.15, 0.2) is 18.2 Å². The number of fused-ring (bicyclic) bond motifs is 1. The number of halogens is 1. The van der Waals surface area contributed by atoms with Gasteiger partial charge in [-0.25, -0.2) is 0 Å². The average molecular weight is 211 g/mol. The molecule has 0 aliphatic carbocycles. The maximum atomic E-state index is 5.97. The summed E-state index contributed by atoms with van der Waals surface area (Å²) in [6, 6.07) is 6.52. The van der Waals surface area contributed by atoms with Crippen LogP contribution < -0.4 is 10.2 Å². The monoisotopic (exact) mass is 210 g/mol. The van der Waals surface area contributed by atoms with Crippen LogP contribution in [0, 0.1) is 0 Å². The van der Waals surface area contributed by atoms with Crippen molar-refractivity contribution in [3.63, 3.8) is 0 Å². The lowest BCUT2D eigenvalue weighted by atomic mass is 10.2. The predicted molar refractivity (Wildman–Crippen MR) is 62.4 cm³/mol. The molecule has 1 unspecified atom stereocenters. The second kappa shape index (κ2) is 3.70. The molecule has 1 aromatic carbocycles. The van der Waals surface area contributed by atoms with Crippen LogP contribution in [0.4, 0.5) is 11.4 Å². The molecule has 2 rings (SSSR count). The van der Waals surface area contributed by atoms with Gasteiger partial charge in [-0.15, -0.1) is 0 Å². The molecule has 1 heterocycles. The first kappa shape index (κ1) is 9.66. The molecule has 14 heavy (non-hydrogen) atoms. The first-order valence-electron chi connectivity index (χ1n) is 4.94. The third-order valence-corrected chi connectivity index (χ3v) is 2.90. The summed E-state index contributed by atoms with van der Waals surface area (Å²) in [6.07, 6.45) is 1.16. The summed E-state index contributed by atoms with van der Waals surface area (Å²) in [5, 5.41) is 4.26. The molecule has 0 saturated carbocycles. The topological polar surface area (TPSA) is 15.3 Å². The fraction of sp³-hybridized carbons (Fsp3) is 0.455. The average Bonchev–Trinajstić information content (AvgIpc) is 2.26. The van der Waals surface area contributed by atoms with Gasteiger partial charge in [-0.05, 0) is 31.5 Å². The van der Waals surface area contributed by atoms with Crippen LogP contribution >= 0.6 is 11.6 Å². The van der Waals surface area contributed by atoms with E-state index in [0.29, 0.717) is 6.04 Å². The molecule has 76 valence electrons. The van der Waals surface area contributed by atoms with E-state index in [1.807, 2.05) is 12.1 Å². The van der Waals surface area contributed by atoms with E-state index in [1.54, 1.807) is 0 Å². The van der Waals surface area contributed by atoms with Crippen molar-refractivity contribution < 1.29 is 0 Å². The zero-order chi connectivity index (χ0) is 10.1. The van der Waals surface area contributed by atoms with Crippen LogP contribution in [0.25, 0.3) is 0 Å². The maximum absolute atomic E-state index is 5.97. The fourth-order valence-corrected chi connectivity index (χ4v) is 1.97. The Kier molecular flexibility index (Phi) is 2.55. The van der Waals surface area contributed by atoms with E-state index in [0.717, 1.165) is 23.7 Å². The van der Waals surface area contributed by atoms with Gasteiger partial charge in [-0.1, -0.05) is 11.6 Å². The van der Waals surface area contributed by atoms with E-state index in [2.05, 4.69) is 30.3 Å². The number of anilines is 2. The van der Waals surface area contributed by atoms with Crippen molar-refractivity contribution in [3.8, 4) is 0 Å². The van der Waals surface area contributed by atoms with Crippen molar-refractivity contribution in [2.75, 3.05) is 23.8 Å². The highest BCUT2D eigenvalue weighted by atomic mass is 35.5. The molecule has 0 aromatic heterocycles. The van der Waals surface area contributed by atoms with Crippen LogP contribution in [-0.4, -0.2) is 19.6 Å². The zero-order valence-corrected chi connectivity index (χ0v) is 9.30. The Hall–Kier alpha value is -0.890. The summed E-state index contributed by atoms with van der Waals surface area (Å²) in [4.78, 5) is 2.27. The Morgan fingerprint density at radius 1 is 1.50 bits per heavy atom. The first-order valence-corrected chi connectivity index (χ1v) is 5.32. The zero-order valence-electron chi connectivity index (χ0n) is 8.55. The molecule has 0 radical (unpaired) electrons. The van der Waals surface area contributed by atoms with Crippen LogP contribution in [-0.2, 0) is 0 Å². The van der Waals surface area contributed by atoms with Gasteiger partial charge in [0, 0.05) is 24.7 Å². The molecule has 0 spiro atoms. The lowest BCUT2D eigenvalue weighted by Gasteiger charge is -2.18. The summed E-state index contributed by atoms with van der Waals surface area (Å²) in [5.74, 6) is 0. The van der Waals surface area contributed by atoms with Crippen molar-refractivity contribution in [2.45, 2.75) is 19.4 Å². The molecule has 1 aliphatic heterocycles. The number of hydrogen-bond acceptors (Lipinski definition) is 2. The number of hydrogen-bond donors (Lipinski definition) is 1. The van der Waals surface area contributed by atoms with Gasteiger partial charge >= 0.3 is 0 Å². The van der Waals surface area contributed by atoms with E-state index >= 15 is 0 Å². The van der Waals surface area contributed by atoms with E-state index in [1.165, 1.54) is 5.69 Å². The number of rotatable bonds is 0. The Bertz CT molecular complexity index is 338. The van der Waals surface area contributed by atoms with E-state index in [9.17, 15) is 0 Å². The summed E-state index contributed by atoms with van der Waals surface area (Å²) in [6.45, 7) is 3.28. The third-order valence-electron chi connectivity index (χ3n) is 2.67. The molecule has 0 bridgehead atoms. The minimum absolute atomic E-state index is 0.511. The van der Waals surface area contributed by atoms with Gasteiger partial charge in [0.1, 0.15) is 0 Å². The molecule has 0 amide bonds. The summed E-state index contributed by atoms with van der Waals surface area (Å²) in [5.41, 5.74) is 2.38. The molecule has 0 fully saturated rings. The normalized spacial score (nSPS) is 21.1. The Labute approximate surface area is 89.9 Å².